The summed E-state index contributed by atoms with van der Waals surface area (Å²) in [6, 6.07) is 8.07. The zero-order valence-corrected chi connectivity index (χ0v) is 12.8. The van der Waals surface area contributed by atoms with Crippen LogP contribution >= 0.6 is 0 Å². The van der Waals surface area contributed by atoms with Crippen molar-refractivity contribution in [3.63, 3.8) is 0 Å². The van der Waals surface area contributed by atoms with Gasteiger partial charge in [-0.05, 0) is 37.6 Å². The number of benzene rings is 1. The summed E-state index contributed by atoms with van der Waals surface area (Å²) >= 11 is 0. The second kappa shape index (κ2) is 9.23. The first kappa shape index (κ1) is 16.3. The number of carbonyl (C=O) groups excluding carboxylic acids is 1. The largest absolute Gasteiger partial charge is 0.383 e. The second-order valence-electron chi connectivity index (χ2n) is 5.18. The van der Waals surface area contributed by atoms with Crippen molar-refractivity contribution in [2.75, 3.05) is 17.7 Å². The van der Waals surface area contributed by atoms with E-state index in [1.54, 1.807) is 7.05 Å². The van der Waals surface area contributed by atoms with Gasteiger partial charge in [-0.25, -0.2) is 4.79 Å². The number of hydrogen-bond acceptors (Lipinski definition) is 2. The molecule has 20 heavy (non-hydrogen) atoms. The van der Waals surface area contributed by atoms with Crippen LogP contribution in [-0.2, 0) is 0 Å². The Bertz CT molecular complexity index is 389. The molecule has 112 valence electrons. The number of rotatable bonds is 8. The number of unbranched alkanes of at least 4 members (excludes halogenated alkanes) is 3. The average molecular weight is 277 g/mol. The van der Waals surface area contributed by atoms with Crippen LogP contribution < -0.4 is 16.0 Å². The molecule has 3 N–H and O–H groups in total. The molecule has 0 fully saturated rings. The highest BCUT2D eigenvalue weighted by molar-refractivity contribution is 5.89. The summed E-state index contributed by atoms with van der Waals surface area (Å²) in [6.45, 7) is 4.44. The van der Waals surface area contributed by atoms with Crippen molar-refractivity contribution in [3.05, 3.63) is 24.3 Å². The molecule has 0 saturated carbocycles. The first-order valence-electron chi connectivity index (χ1n) is 7.51. The smallest absolute Gasteiger partial charge is 0.318 e. The normalized spacial score (nSPS) is 11.8. The fraction of sp³-hybridized carbons (Fsp3) is 0.562. The van der Waals surface area contributed by atoms with E-state index in [4.69, 9.17) is 0 Å². The molecule has 1 unspecified atom stereocenters. The molecule has 0 aliphatic carbocycles. The molecule has 4 nitrogen and oxygen atoms in total. The van der Waals surface area contributed by atoms with Gasteiger partial charge in [0.2, 0.25) is 0 Å². The molecule has 0 radical (unpaired) electrons. The number of hydrogen-bond donors (Lipinski definition) is 3. The van der Waals surface area contributed by atoms with Gasteiger partial charge in [-0.1, -0.05) is 32.6 Å². The highest BCUT2D eigenvalue weighted by Crippen LogP contribution is 2.16. The molecule has 0 heterocycles. The fourth-order valence-electron chi connectivity index (χ4n) is 2.08. The van der Waals surface area contributed by atoms with Crippen LogP contribution in [0.2, 0.25) is 0 Å². The molecule has 0 aromatic heterocycles. The zero-order valence-electron chi connectivity index (χ0n) is 12.8. The molecule has 0 aliphatic heterocycles. The molecule has 1 aromatic rings. The molecule has 1 atom stereocenters. The van der Waals surface area contributed by atoms with Crippen molar-refractivity contribution in [1.29, 1.82) is 0 Å². The van der Waals surface area contributed by atoms with E-state index in [0.717, 1.165) is 11.4 Å². The number of anilines is 2. The summed E-state index contributed by atoms with van der Waals surface area (Å²) in [6.07, 6.45) is 6.39. The molecule has 0 spiro atoms. The van der Waals surface area contributed by atoms with Crippen LogP contribution in [0.5, 0.6) is 0 Å². The maximum Gasteiger partial charge on any atom is 0.318 e. The molecule has 2 amide bonds. The van der Waals surface area contributed by atoms with Gasteiger partial charge in [0.25, 0.3) is 0 Å². The van der Waals surface area contributed by atoms with Gasteiger partial charge in [-0.15, -0.1) is 0 Å². The minimum absolute atomic E-state index is 0.199. The van der Waals surface area contributed by atoms with Crippen LogP contribution in [0.15, 0.2) is 24.3 Å². The van der Waals surface area contributed by atoms with Crippen LogP contribution in [0, 0.1) is 0 Å². The van der Waals surface area contributed by atoms with E-state index in [0.29, 0.717) is 6.04 Å². The molecule has 4 heteroatoms. The third-order valence-corrected chi connectivity index (χ3v) is 3.27. The Labute approximate surface area is 122 Å². The lowest BCUT2D eigenvalue weighted by Crippen LogP contribution is -2.24. The van der Waals surface area contributed by atoms with Gasteiger partial charge in [0.15, 0.2) is 0 Å². The third-order valence-electron chi connectivity index (χ3n) is 3.27. The average Bonchev–Trinajstić information content (AvgIpc) is 2.45. The standard InChI is InChI=1S/C16H27N3O/c1-4-5-6-7-8-13(2)18-14-9-11-15(12-10-14)19-16(20)17-3/h9-13,18H,4-8H2,1-3H3,(H2,17,19,20). The Balaban J connectivity index is 2.35. The van der Waals surface area contributed by atoms with E-state index >= 15 is 0 Å². The molecule has 0 bridgehead atoms. The SMILES string of the molecule is CCCCCCC(C)Nc1ccc(NC(=O)NC)cc1. The maximum absolute atomic E-state index is 11.2. The monoisotopic (exact) mass is 277 g/mol. The van der Waals surface area contributed by atoms with Gasteiger partial charge in [0.05, 0.1) is 0 Å². The van der Waals surface area contributed by atoms with E-state index in [1.165, 1.54) is 32.1 Å². The highest BCUT2D eigenvalue weighted by Gasteiger charge is 2.03. The Morgan fingerprint density at radius 1 is 1.10 bits per heavy atom. The third kappa shape index (κ3) is 6.45. The minimum Gasteiger partial charge on any atom is -0.383 e. The maximum atomic E-state index is 11.2. The Morgan fingerprint density at radius 3 is 2.35 bits per heavy atom. The van der Waals surface area contributed by atoms with Gasteiger partial charge in [-0.3, -0.25) is 0 Å². The van der Waals surface area contributed by atoms with Crippen LogP contribution in [0.3, 0.4) is 0 Å². The Morgan fingerprint density at radius 2 is 1.75 bits per heavy atom. The number of amides is 2. The Hall–Kier alpha value is -1.71. The zero-order chi connectivity index (χ0) is 14.8. The van der Waals surface area contributed by atoms with Crippen molar-refractivity contribution in [2.45, 2.75) is 52.0 Å². The first-order chi connectivity index (χ1) is 9.65. The van der Waals surface area contributed by atoms with Crippen LogP contribution in [0.1, 0.15) is 46.0 Å². The number of carbonyl (C=O) groups is 1. The lowest BCUT2D eigenvalue weighted by Gasteiger charge is -2.15. The minimum atomic E-state index is -0.199. The van der Waals surface area contributed by atoms with Crippen molar-refractivity contribution in [2.24, 2.45) is 0 Å². The van der Waals surface area contributed by atoms with Crippen molar-refractivity contribution in [1.82, 2.24) is 5.32 Å². The van der Waals surface area contributed by atoms with Crippen LogP contribution in [0.25, 0.3) is 0 Å². The van der Waals surface area contributed by atoms with E-state index in [2.05, 4.69) is 29.8 Å². The lowest BCUT2D eigenvalue weighted by molar-refractivity contribution is 0.254. The summed E-state index contributed by atoms with van der Waals surface area (Å²) in [5, 5.41) is 8.76. The Kier molecular flexibility index (Phi) is 7.55. The molecule has 0 saturated heterocycles. The molecule has 1 rings (SSSR count). The lowest BCUT2D eigenvalue weighted by atomic mass is 10.1. The second-order valence-corrected chi connectivity index (χ2v) is 5.18. The van der Waals surface area contributed by atoms with Gasteiger partial charge in [0.1, 0.15) is 0 Å². The molecular weight excluding hydrogens is 250 g/mol. The number of nitrogens with one attached hydrogen (secondary N) is 3. The van der Waals surface area contributed by atoms with Crippen molar-refractivity contribution in [3.8, 4) is 0 Å². The van der Waals surface area contributed by atoms with E-state index in [-0.39, 0.29) is 6.03 Å². The quantitative estimate of drug-likeness (QED) is 0.623. The summed E-state index contributed by atoms with van der Waals surface area (Å²) < 4.78 is 0. The van der Waals surface area contributed by atoms with Crippen molar-refractivity contribution < 1.29 is 4.79 Å². The van der Waals surface area contributed by atoms with E-state index in [1.807, 2.05) is 24.3 Å². The fourth-order valence-corrected chi connectivity index (χ4v) is 2.08. The van der Waals surface area contributed by atoms with E-state index in [9.17, 15) is 4.79 Å². The summed E-state index contributed by atoms with van der Waals surface area (Å²) in [4.78, 5) is 11.2. The predicted molar refractivity (Wildman–Crippen MR) is 86.4 cm³/mol. The highest BCUT2D eigenvalue weighted by atomic mass is 16.2. The van der Waals surface area contributed by atoms with Crippen molar-refractivity contribution >= 4 is 17.4 Å². The molecular formula is C16H27N3O. The van der Waals surface area contributed by atoms with Crippen LogP contribution in [-0.4, -0.2) is 19.1 Å². The van der Waals surface area contributed by atoms with Gasteiger partial charge >= 0.3 is 6.03 Å². The van der Waals surface area contributed by atoms with Gasteiger partial charge in [-0.2, -0.15) is 0 Å². The van der Waals surface area contributed by atoms with Gasteiger partial charge < -0.3 is 16.0 Å². The van der Waals surface area contributed by atoms with Gasteiger partial charge in [0, 0.05) is 24.5 Å². The predicted octanol–water partition coefficient (Wildman–Crippen LogP) is 4.21. The summed E-state index contributed by atoms with van der Waals surface area (Å²) in [7, 11) is 1.60. The van der Waals surface area contributed by atoms with E-state index < -0.39 is 0 Å². The summed E-state index contributed by atoms with van der Waals surface area (Å²) in [5.41, 5.74) is 1.89. The first-order valence-corrected chi connectivity index (χ1v) is 7.51. The van der Waals surface area contributed by atoms with Crippen LogP contribution in [0.4, 0.5) is 16.2 Å². The number of urea groups is 1. The summed E-state index contributed by atoms with van der Waals surface area (Å²) in [5.74, 6) is 0. The molecule has 1 aromatic carbocycles. The topological polar surface area (TPSA) is 53.2 Å². The molecule has 0 aliphatic rings.